The van der Waals surface area contributed by atoms with Crippen molar-refractivity contribution < 1.29 is 5.11 Å². The van der Waals surface area contributed by atoms with Crippen LogP contribution in [-0.2, 0) is 6.54 Å². The van der Waals surface area contributed by atoms with E-state index in [9.17, 15) is 5.11 Å². The van der Waals surface area contributed by atoms with Crippen LogP contribution in [0.3, 0.4) is 0 Å². The Morgan fingerprint density at radius 3 is 2.94 bits per heavy atom. The van der Waals surface area contributed by atoms with E-state index in [2.05, 4.69) is 26.2 Å². The van der Waals surface area contributed by atoms with Crippen LogP contribution in [0, 0.1) is 0 Å². The zero-order chi connectivity index (χ0) is 11.4. The molecule has 0 radical (unpaired) electrons. The molecule has 0 aliphatic heterocycles. The quantitative estimate of drug-likeness (QED) is 0.907. The third-order valence-electron chi connectivity index (χ3n) is 2.19. The maximum atomic E-state index is 9.64. The maximum Gasteiger partial charge on any atom is 0.120 e. The summed E-state index contributed by atoms with van der Waals surface area (Å²) in [6.45, 7) is 0.566. The molecule has 0 unspecified atom stereocenters. The number of rotatable bonds is 3. The molecule has 0 bridgehead atoms. The third-order valence-corrected chi connectivity index (χ3v) is 2.68. The first-order valence-corrected chi connectivity index (χ1v) is 5.66. The molecule has 4 heteroatoms. The largest absolute Gasteiger partial charge is 0.508 e. The van der Waals surface area contributed by atoms with Gasteiger partial charge in [0.05, 0.1) is 5.69 Å². The van der Waals surface area contributed by atoms with Gasteiger partial charge in [-0.05, 0) is 30.3 Å². The molecule has 0 fully saturated rings. The lowest BCUT2D eigenvalue weighted by Gasteiger charge is -2.08. The molecule has 0 spiro atoms. The fraction of sp³-hybridized carbons (Fsp3) is 0.0833. The van der Waals surface area contributed by atoms with Gasteiger partial charge in [-0.25, -0.2) is 0 Å². The number of phenols is 1. The monoisotopic (exact) mass is 278 g/mol. The van der Waals surface area contributed by atoms with Gasteiger partial charge >= 0.3 is 0 Å². The minimum atomic E-state index is 0.291. The highest BCUT2D eigenvalue weighted by atomic mass is 79.9. The molecule has 0 aliphatic rings. The van der Waals surface area contributed by atoms with E-state index < -0.39 is 0 Å². The minimum Gasteiger partial charge on any atom is -0.508 e. The molecule has 2 N–H and O–H groups in total. The van der Waals surface area contributed by atoms with E-state index in [0.29, 0.717) is 12.3 Å². The van der Waals surface area contributed by atoms with Crippen LogP contribution in [0.4, 0.5) is 5.69 Å². The van der Waals surface area contributed by atoms with Gasteiger partial charge in [0, 0.05) is 29.0 Å². The van der Waals surface area contributed by atoms with Gasteiger partial charge in [0.15, 0.2) is 0 Å². The molecular weight excluding hydrogens is 268 g/mol. The van der Waals surface area contributed by atoms with Gasteiger partial charge in [0.2, 0.25) is 0 Å². The van der Waals surface area contributed by atoms with E-state index in [-0.39, 0.29) is 0 Å². The predicted octanol–water partition coefficient (Wildman–Crippen LogP) is 3.16. The molecule has 0 atom stereocenters. The molecule has 16 heavy (non-hydrogen) atoms. The Balaban J connectivity index is 2.08. The Bertz CT molecular complexity index is 474. The minimum absolute atomic E-state index is 0.291. The number of aromatic nitrogens is 1. The van der Waals surface area contributed by atoms with Crippen LogP contribution in [0.5, 0.6) is 5.75 Å². The van der Waals surface area contributed by atoms with E-state index >= 15 is 0 Å². The average Bonchev–Trinajstić information content (AvgIpc) is 2.32. The van der Waals surface area contributed by atoms with Gasteiger partial charge < -0.3 is 10.4 Å². The van der Waals surface area contributed by atoms with Gasteiger partial charge in [-0.3, -0.25) is 4.98 Å². The summed E-state index contributed by atoms with van der Waals surface area (Å²) in [6.07, 6.45) is 3.47. The van der Waals surface area contributed by atoms with Crippen LogP contribution in [-0.4, -0.2) is 10.1 Å². The lowest BCUT2D eigenvalue weighted by atomic mass is 10.2. The first-order chi connectivity index (χ1) is 7.75. The number of nitrogens with zero attached hydrogens (tertiary/aromatic N) is 1. The Labute approximate surface area is 102 Å². The van der Waals surface area contributed by atoms with Crippen LogP contribution >= 0.6 is 15.9 Å². The summed E-state index contributed by atoms with van der Waals surface area (Å²) in [5.41, 5.74) is 1.78. The molecule has 82 valence electrons. The van der Waals surface area contributed by atoms with Crippen LogP contribution in [0.1, 0.15) is 5.56 Å². The maximum absolute atomic E-state index is 9.64. The van der Waals surface area contributed by atoms with Crippen LogP contribution in [0.2, 0.25) is 0 Å². The number of anilines is 1. The number of benzene rings is 1. The number of pyridine rings is 1. The van der Waals surface area contributed by atoms with Crippen molar-refractivity contribution in [2.75, 3.05) is 5.32 Å². The smallest absolute Gasteiger partial charge is 0.120 e. The zero-order valence-corrected chi connectivity index (χ0v) is 10.1. The molecule has 2 aromatic rings. The van der Waals surface area contributed by atoms with Gasteiger partial charge in [-0.15, -0.1) is 0 Å². The molecule has 1 aromatic carbocycles. The number of halogens is 1. The summed E-state index contributed by atoms with van der Waals surface area (Å²) in [4.78, 5) is 4.00. The van der Waals surface area contributed by atoms with Crippen molar-refractivity contribution in [1.29, 1.82) is 0 Å². The molecular formula is C12H11BrN2O. The highest BCUT2D eigenvalue weighted by Gasteiger charge is 2.01. The number of phenolic OH excluding ortho intramolecular Hbond substituents is 1. The molecule has 0 saturated carbocycles. The topological polar surface area (TPSA) is 45.1 Å². The summed E-state index contributed by atoms with van der Waals surface area (Å²) in [7, 11) is 0. The first kappa shape index (κ1) is 11.0. The van der Waals surface area contributed by atoms with Crippen molar-refractivity contribution in [2.45, 2.75) is 6.54 Å². The highest BCUT2D eigenvalue weighted by Crippen LogP contribution is 2.22. The Morgan fingerprint density at radius 2 is 2.19 bits per heavy atom. The molecule has 1 aromatic heterocycles. The van der Waals surface area contributed by atoms with Crippen molar-refractivity contribution in [2.24, 2.45) is 0 Å². The Kier molecular flexibility index (Phi) is 3.41. The fourth-order valence-corrected chi connectivity index (χ4v) is 1.77. The SMILES string of the molecule is Oc1ccc(Br)cc1CNc1cccnc1. The highest BCUT2D eigenvalue weighted by molar-refractivity contribution is 9.10. The van der Waals surface area contributed by atoms with Crippen LogP contribution < -0.4 is 5.32 Å². The number of nitrogens with one attached hydrogen (secondary N) is 1. The summed E-state index contributed by atoms with van der Waals surface area (Å²) in [5, 5.41) is 12.8. The van der Waals surface area contributed by atoms with E-state index in [1.165, 1.54) is 0 Å². The molecule has 0 saturated heterocycles. The van der Waals surface area contributed by atoms with E-state index in [0.717, 1.165) is 15.7 Å². The van der Waals surface area contributed by atoms with Gasteiger partial charge in [-0.2, -0.15) is 0 Å². The molecule has 0 aliphatic carbocycles. The molecule has 2 rings (SSSR count). The third kappa shape index (κ3) is 2.73. The molecule has 1 heterocycles. The standard InChI is InChI=1S/C12H11BrN2O/c13-10-3-4-12(16)9(6-10)7-15-11-2-1-5-14-8-11/h1-6,8,15-16H,7H2. The Morgan fingerprint density at radius 1 is 1.31 bits per heavy atom. The molecule has 3 nitrogen and oxygen atoms in total. The summed E-state index contributed by atoms with van der Waals surface area (Å²) in [5.74, 6) is 0.291. The van der Waals surface area contributed by atoms with E-state index in [4.69, 9.17) is 0 Å². The second kappa shape index (κ2) is 4.99. The predicted molar refractivity (Wildman–Crippen MR) is 67.4 cm³/mol. The molecule has 0 amide bonds. The van der Waals surface area contributed by atoms with Crippen molar-refractivity contribution in [1.82, 2.24) is 4.98 Å². The Hall–Kier alpha value is -1.55. The van der Waals surface area contributed by atoms with Crippen molar-refractivity contribution in [3.63, 3.8) is 0 Å². The number of aromatic hydroxyl groups is 1. The van der Waals surface area contributed by atoms with Crippen molar-refractivity contribution in [3.8, 4) is 5.75 Å². The van der Waals surface area contributed by atoms with Gasteiger partial charge in [0.25, 0.3) is 0 Å². The van der Waals surface area contributed by atoms with Crippen LogP contribution in [0.25, 0.3) is 0 Å². The van der Waals surface area contributed by atoms with E-state index in [1.807, 2.05) is 24.3 Å². The summed E-state index contributed by atoms with van der Waals surface area (Å²) < 4.78 is 0.952. The van der Waals surface area contributed by atoms with Crippen molar-refractivity contribution in [3.05, 3.63) is 52.8 Å². The van der Waals surface area contributed by atoms with Gasteiger partial charge in [-0.1, -0.05) is 15.9 Å². The number of hydrogen-bond acceptors (Lipinski definition) is 3. The van der Waals surface area contributed by atoms with Crippen molar-refractivity contribution >= 4 is 21.6 Å². The average molecular weight is 279 g/mol. The zero-order valence-electron chi connectivity index (χ0n) is 8.52. The summed E-state index contributed by atoms with van der Waals surface area (Å²) in [6, 6.07) is 9.16. The fourth-order valence-electron chi connectivity index (χ4n) is 1.36. The second-order valence-electron chi connectivity index (χ2n) is 3.37. The second-order valence-corrected chi connectivity index (χ2v) is 4.28. The normalized spacial score (nSPS) is 10.1. The van der Waals surface area contributed by atoms with Gasteiger partial charge in [0.1, 0.15) is 5.75 Å². The van der Waals surface area contributed by atoms with Crippen LogP contribution in [0.15, 0.2) is 47.2 Å². The lowest BCUT2D eigenvalue weighted by Crippen LogP contribution is -1.99. The lowest BCUT2D eigenvalue weighted by molar-refractivity contribution is 0.469. The first-order valence-electron chi connectivity index (χ1n) is 4.87. The number of hydrogen-bond donors (Lipinski definition) is 2. The summed E-state index contributed by atoms with van der Waals surface area (Å²) >= 11 is 3.37. The van der Waals surface area contributed by atoms with E-state index in [1.54, 1.807) is 18.5 Å².